The van der Waals surface area contributed by atoms with Crippen LogP contribution in [0.5, 0.6) is 11.5 Å². The average molecular weight is 311 g/mol. The van der Waals surface area contributed by atoms with Crippen molar-refractivity contribution in [2.24, 2.45) is 0 Å². The standard InChI is InChI=1S/C18H17NO4/c1-21-15-8-9-19(14-5-3-2-4-13(14)15)18(20)12-6-7-16-17(10-12)23-11-22-16/h2-7,10,15H,8-9,11H2,1H3. The van der Waals surface area contributed by atoms with Gasteiger partial charge in [-0.2, -0.15) is 0 Å². The Morgan fingerprint density at radius 1 is 1.17 bits per heavy atom. The number of carbonyl (C=O) groups excluding carboxylic acids is 1. The molecule has 118 valence electrons. The first-order valence-corrected chi connectivity index (χ1v) is 7.61. The molecule has 5 nitrogen and oxygen atoms in total. The van der Waals surface area contributed by atoms with Crippen molar-refractivity contribution in [1.29, 1.82) is 0 Å². The largest absolute Gasteiger partial charge is 0.454 e. The third-order valence-electron chi connectivity index (χ3n) is 4.34. The van der Waals surface area contributed by atoms with Gasteiger partial charge in [-0.25, -0.2) is 0 Å². The molecule has 2 aliphatic heterocycles. The lowest BCUT2D eigenvalue weighted by Crippen LogP contribution is -2.37. The number of methoxy groups -OCH3 is 1. The summed E-state index contributed by atoms with van der Waals surface area (Å²) in [5.74, 6) is 1.27. The number of para-hydroxylation sites is 1. The van der Waals surface area contributed by atoms with Crippen LogP contribution in [0.3, 0.4) is 0 Å². The van der Waals surface area contributed by atoms with Crippen LogP contribution in [0.1, 0.15) is 28.4 Å². The number of fused-ring (bicyclic) bond motifs is 2. The molecule has 23 heavy (non-hydrogen) atoms. The van der Waals surface area contributed by atoms with Crippen LogP contribution in [0.2, 0.25) is 0 Å². The minimum atomic E-state index is -0.0368. The van der Waals surface area contributed by atoms with E-state index in [4.69, 9.17) is 14.2 Å². The van der Waals surface area contributed by atoms with Gasteiger partial charge in [0.15, 0.2) is 11.5 Å². The zero-order valence-electron chi connectivity index (χ0n) is 12.8. The summed E-state index contributed by atoms with van der Waals surface area (Å²) in [6, 6.07) is 13.2. The highest BCUT2D eigenvalue weighted by atomic mass is 16.7. The molecule has 0 N–H and O–H groups in total. The fourth-order valence-corrected chi connectivity index (χ4v) is 3.17. The van der Waals surface area contributed by atoms with Gasteiger partial charge in [0.1, 0.15) is 0 Å². The van der Waals surface area contributed by atoms with Crippen molar-refractivity contribution in [2.45, 2.75) is 12.5 Å². The Morgan fingerprint density at radius 2 is 2.00 bits per heavy atom. The number of hydrogen-bond acceptors (Lipinski definition) is 4. The number of anilines is 1. The maximum Gasteiger partial charge on any atom is 0.258 e. The Labute approximate surface area is 134 Å². The van der Waals surface area contributed by atoms with E-state index in [1.807, 2.05) is 29.2 Å². The van der Waals surface area contributed by atoms with Crippen LogP contribution >= 0.6 is 0 Å². The summed E-state index contributed by atoms with van der Waals surface area (Å²) in [6.45, 7) is 0.831. The zero-order valence-corrected chi connectivity index (χ0v) is 12.8. The Hall–Kier alpha value is -2.53. The van der Waals surface area contributed by atoms with Crippen LogP contribution in [-0.4, -0.2) is 26.4 Å². The van der Waals surface area contributed by atoms with E-state index in [-0.39, 0.29) is 18.8 Å². The van der Waals surface area contributed by atoms with Crippen molar-refractivity contribution in [1.82, 2.24) is 0 Å². The quantitative estimate of drug-likeness (QED) is 0.855. The van der Waals surface area contributed by atoms with Crippen molar-refractivity contribution < 1.29 is 19.0 Å². The number of nitrogens with zero attached hydrogens (tertiary/aromatic N) is 1. The Kier molecular flexibility index (Phi) is 3.42. The maximum absolute atomic E-state index is 12.9. The van der Waals surface area contributed by atoms with Gasteiger partial charge in [-0.05, 0) is 30.7 Å². The maximum atomic E-state index is 12.9. The smallest absolute Gasteiger partial charge is 0.258 e. The highest BCUT2D eigenvalue weighted by Crippen LogP contribution is 2.37. The Balaban J connectivity index is 1.69. The van der Waals surface area contributed by atoms with Crippen molar-refractivity contribution in [3.8, 4) is 11.5 Å². The molecule has 0 aromatic heterocycles. The lowest BCUT2D eigenvalue weighted by Gasteiger charge is -2.33. The van der Waals surface area contributed by atoms with E-state index in [1.165, 1.54) is 0 Å². The zero-order chi connectivity index (χ0) is 15.8. The van der Waals surface area contributed by atoms with E-state index in [0.29, 0.717) is 23.6 Å². The first kappa shape index (κ1) is 14.1. The number of benzene rings is 2. The molecule has 0 saturated heterocycles. The van der Waals surface area contributed by atoms with Gasteiger partial charge >= 0.3 is 0 Å². The molecule has 2 aliphatic rings. The van der Waals surface area contributed by atoms with Gasteiger partial charge < -0.3 is 19.1 Å². The van der Waals surface area contributed by atoms with Gasteiger partial charge in [0.2, 0.25) is 6.79 Å². The molecule has 0 bridgehead atoms. The lowest BCUT2D eigenvalue weighted by molar-refractivity contribution is 0.0868. The molecule has 5 heteroatoms. The third-order valence-corrected chi connectivity index (χ3v) is 4.34. The van der Waals surface area contributed by atoms with E-state index in [2.05, 4.69) is 0 Å². The fourth-order valence-electron chi connectivity index (χ4n) is 3.17. The summed E-state index contributed by atoms with van der Waals surface area (Å²) in [5.41, 5.74) is 2.56. The summed E-state index contributed by atoms with van der Waals surface area (Å²) >= 11 is 0. The Morgan fingerprint density at radius 3 is 2.87 bits per heavy atom. The predicted molar refractivity (Wildman–Crippen MR) is 85.1 cm³/mol. The van der Waals surface area contributed by atoms with Crippen LogP contribution < -0.4 is 14.4 Å². The number of carbonyl (C=O) groups is 1. The molecule has 0 aliphatic carbocycles. The topological polar surface area (TPSA) is 48.0 Å². The van der Waals surface area contributed by atoms with Crippen molar-refractivity contribution in [3.05, 3.63) is 53.6 Å². The van der Waals surface area contributed by atoms with Crippen molar-refractivity contribution in [3.63, 3.8) is 0 Å². The third kappa shape index (κ3) is 2.33. The van der Waals surface area contributed by atoms with Gasteiger partial charge in [0, 0.05) is 30.5 Å². The molecule has 1 amide bonds. The molecular weight excluding hydrogens is 294 g/mol. The number of ether oxygens (including phenoxy) is 3. The summed E-state index contributed by atoms with van der Waals surface area (Å²) in [4.78, 5) is 14.8. The van der Waals surface area contributed by atoms with Gasteiger partial charge in [-0.1, -0.05) is 18.2 Å². The SMILES string of the molecule is COC1CCN(C(=O)c2ccc3c(c2)OCO3)c2ccccc21. The van der Waals surface area contributed by atoms with E-state index in [1.54, 1.807) is 25.3 Å². The van der Waals surface area contributed by atoms with Crippen LogP contribution in [-0.2, 0) is 4.74 Å². The summed E-state index contributed by atoms with van der Waals surface area (Å²) in [6.07, 6.45) is 0.816. The monoisotopic (exact) mass is 311 g/mol. The molecule has 4 rings (SSSR count). The van der Waals surface area contributed by atoms with E-state index < -0.39 is 0 Å². The minimum Gasteiger partial charge on any atom is -0.454 e. The Bertz CT molecular complexity index is 758. The van der Waals surface area contributed by atoms with E-state index >= 15 is 0 Å². The molecular formula is C18H17NO4. The van der Waals surface area contributed by atoms with Gasteiger partial charge in [0.05, 0.1) is 6.10 Å². The van der Waals surface area contributed by atoms with Crippen LogP contribution in [0.15, 0.2) is 42.5 Å². The van der Waals surface area contributed by atoms with E-state index in [0.717, 1.165) is 17.7 Å². The summed E-state index contributed by atoms with van der Waals surface area (Å²) in [5, 5.41) is 0. The van der Waals surface area contributed by atoms with Gasteiger partial charge in [0.25, 0.3) is 5.91 Å². The van der Waals surface area contributed by atoms with E-state index in [9.17, 15) is 4.79 Å². The second-order valence-electron chi connectivity index (χ2n) is 5.60. The van der Waals surface area contributed by atoms with Gasteiger partial charge in [-0.15, -0.1) is 0 Å². The predicted octanol–water partition coefficient (Wildman–Crippen LogP) is 3.15. The molecule has 0 fully saturated rings. The highest BCUT2D eigenvalue weighted by Gasteiger charge is 2.29. The van der Waals surface area contributed by atoms with Gasteiger partial charge in [-0.3, -0.25) is 4.79 Å². The molecule has 2 aromatic carbocycles. The first-order valence-electron chi connectivity index (χ1n) is 7.61. The molecule has 0 saturated carbocycles. The average Bonchev–Trinajstić information content (AvgIpc) is 3.08. The van der Waals surface area contributed by atoms with Crippen molar-refractivity contribution in [2.75, 3.05) is 25.3 Å². The highest BCUT2D eigenvalue weighted by molar-refractivity contribution is 6.07. The number of hydrogen-bond donors (Lipinski definition) is 0. The van der Waals surface area contributed by atoms with Crippen LogP contribution in [0.25, 0.3) is 0 Å². The van der Waals surface area contributed by atoms with Crippen LogP contribution in [0.4, 0.5) is 5.69 Å². The number of rotatable bonds is 2. The molecule has 2 aromatic rings. The molecule has 0 spiro atoms. The molecule has 1 atom stereocenters. The normalized spacial score (nSPS) is 18.7. The van der Waals surface area contributed by atoms with Crippen molar-refractivity contribution >= 4 is 11.6 Å². The second-order valence-corrected chi connectivity index (χ2v) is 5.60. The van der Waals surface area contributed by atoms with Crippen LogP contribution in [0, 0.1) is 0 Å². The summed E-state index contributed by atoms with van der Waals surface area (Å²) in [7, 11) is 1.71. The molecule has 0 radical (unpaired) electrons. The summed E-state index contributed by atoms with van der Waals surface area (Å²) < 4.78 is 16.2. The molecule has 2 heterocycles. The second kappa shape index (κ2) is 5.59. The minimum absolute atomic E-state index is 0.0343. The molecule has 1 unspecified atom stereocenters. The lowest BCUT2D eigenvalue weighted by atomic mass is 9.98. The fraction of sp³-hybridized carbons (Fsp3) is 0.278. The number of amides is 1. The first-order chi connectivity index (χ1) is 11.3.